The van der Waals surface area contributed by atoms with Crippen molar-refractivity contribution in [1.82, 2.24) is 14.6 Å². The number of methoxy groups -OCH3 is 1. The first kappa shape index (κ1) is 14.5. The van der Waals surface area contributed by atoms with Crippen LogP contribution in [0.3, 0.4) is 0 Å². The predicted molar refractivity (Wildman–Crippen MR) is 75.1 cm³/mol. The molecule has 1 amide bonds. The van der Waals surface area contributed by atoms with Gasteiger partial charge >= 0.3 is 5.97 Å². The van der Waals surface area contributed by atoms with Crippen LogP contribution in [0.15, 0.2) is 5.38 Å². The Morgan fingerprint density at radius 1 is 1.45 bits per heavy atom. The van der Waals surface area contributed by atoms with Crippen molar-refractivity contribution in [2.45, 2.75) is 19.8 Å². The fourth-order valence-electron chi connectivity index (χ4n) is 1.43. The lowest BCUT2D eigenvalue weighted by molar-refractivity contribution is -0.139. The van der Waals surface area contributed by atoms with Crippen LogP contribution in [-0.2, 0) is 22.4 Å². The lowest BCUT2D eigenvalue weighted by Gasteiger charge is -1.99. The molecule has 0 bridgehead atoms. The van der Waals surface area contributed by atoms with E-state index in [1.54, 1.807) is 5.38 Å². The van der Waals surface area contributed by atoms with Crippen LogP contribution in [0.4, 0.5) is 5.13 Å². The van der Waals surface area contributed by atoms with Crippen molar-refractivity contribution in [1.29, 1.82) is 0 Å². The minimum Gasteiger partial charge on any atom is -0.469 e. The normalized spacial score (nSPS) is 10.3. The van der Waals surface area contributed by atoms with Gasteiger partial charge in [-0.2, -0.15) is 0 Å². The second-order valence-electron chi connectivity index (χ2n) is 3.75. The van der Waals surface area contributed by atoms with Crippen molar-refractivity contribution in [3.63, 3.8) is 0 Å². The number of hydrogen-bond acceptors (Lipinski definition) is 8. The smallest absolute Gasteiger partial charge is 0.311 e. The van der Waals surface area contributed by atoms with Crippen molar-refractivity contribution >= 4 is 39.9 Å². The van der Waals surface area contributed by atoms with Crippen LogP contribution in [0.25, 0.3) is 0 Å². The molecule has 0 aliphatic heterocycles. The highest BCUT2D eigenvalue weighted by Crippen LogP contribution is 2.19. The summed E-state index contributed by atoms with van der Waals surface area (Å²) in [5.41, 5.74) is 1.23. The highest BCUT2D eigenvalue weighted by Gasteiger charge is 2.16. The topological polar surface area (TPSA) is 94.1 Å². The maximum atomic E-state index is 12.0. The minimum absolute atomic E-state index is 0.0885. The van der Waals surface area contributed by atoms with E-state index in [0.29, 0.717) is 27.8 Å². The van der Waals surface area contributed by atoms with Gasteiger partial charge < -0.3 is 4.74 Å². The number of carbonyl (C=O) groups excluding carboxylic acids is 2. The van der Waals surface area contributed by atoms with E-state index in [1.165, 1.54) is 18.4 Å². The number of anilines is 1. The van der Waals surface area contributed by atoms with E-state index in [9.17, 15) is 9.59 Å². The third kappa shape index (κ3) is 3.36. The van der Waals surface area contributed by atoms with Gasteiger partial charge in [-0.05, 0) is 18.0 Å². The summed E-state index contributed by atoms with van der Waals surface area (Å²) in [5.74, 6) is -0.649. The second-order valence-corrected chi connectivity index (χ2v) is 5.37. The van der Waals surface area contributed by atoms with E-state index in [-0.39, 0.29) is 18.3 Å². The van der Waals surface area contributed by atoms with Crippen LogP contribution in [0.1, 0.15) is 28.0 Å². The Morgan fingerprint density at radius 2 is 2.25 bits per heavy atom. The molecule has 0 saturated heterocycles. The Kier molecular flexibility index (Phi) is 4.74. The monoisotopic (exact) mass is 312 g/mol. The average Bonchev–Trinajstić information content (AvgIpc) is 3.07. The molecule has 0 radical (unpaired) electrons. The third-order valence-electron chi connectivity index (χ3n) is 2.42. The van der Waals surface area contributed by atoms with Crippen LogP contribution >= 0.6 is 22.9 Å². The molecule has 2 aromatic rings. The summed E-state index contributed by atoms with van der Waals surface area (Å²) in [6, 6.07) is 0. The molecule has 1 N–H and O–H groups in total. The van der Waals surface area contributed by atoms with Crippen LogP contribution in [0.2, 0.25) is 0 Å². The van der Waals surface area contributed by atoms with E-state index < -0.39 is 0 Å². The zero-order valence-electron chi connectivity index (χ0n) is 10.9. The molecule has 9 heteroatoms. The molecule has 0 spiro atoms. The van der Waals surface area contributed by atoms with Crippen LogP contribution in [0, 0.1) is 0 Å². The number of carbonyl (C=O) groups is 2. The van der Waals surface area contributed by atoms with Gasteiger partial charge in [0.2, 0.25) is 0 Å². The summed E-state index contributed by atoms with van der Waals surface area (Å²) in [7, 11) is 1.32. The quantitative estimate of drug-likeness (QED) is 0.841. The molecule has 0 aromatic carbocycles. The molecule has 0 unspecified atom stereocenters. The molecular weight excluding hydrogens is 300 g/mol. The second kappa shape index (κ2) is 6.53. The number of thiazole rings is 1. The SMILES string of the molecule is CCc1nnsc1C(=O)Nc1nc(CC(=O)OC)cs1. The first-order valence-electron chi connectivity index (χ1n) is 5.77. The molecule has 2 heterocycles. The maximum Gasteiger partial charge on any atom is 0.311 e. The fourth-order valence-corrected chi connectivity index (χ4v) is 2.78. The number of aromatic nitrogens is 3. The molecule has 2 rings (SSSR count). The van der Waals surface area contributed by atoms with E-state index >= 15 is 0 Å². The number of nitrogens with zero attached hydrogens (tertiary/aromatic N) is 3. The van der Waals surface area contributed by atoms with E-state index in [2.05, 4.69) is 24.6 Å². The standard InChI is InChI=1S/C11H12N4O3S2/c1-3-7-9(20-15-14-7)10(17)13-11-12-6(5-19-11)4-8(16)18-2/h5H,3-4H2,1-2H3,(H,12,13,17). The van der Waals surface area contributed by atoms with Gasteiger partial charge in [0.1, 0.15) is 4.88 Å². The predicted octanol–water partition coefficient (Wildman–Crippen LogP) is 1.52. The lowest BCUT2D eigenvalue weighted by atomic mass is 10.3. The Labute approximate surface area is 123 Å². The number of nitrogens with one attached hydrogen (secondary N) is 1. The molecule has 0 fully saturated rings. The Bertz CT molecular complexity index is 623. The van der Waals surface area contributed by atoms with Crippen molar-refractivity contribution in [2.24, 2.45) is 0 Å². The summed E-state index contributed by atoms with van der Waals surface area (Å²) in [4.78, 5) is 27.8. The van der Waals surface area contributed by atoms with Crippen molar-refractivity contribution in [3.05, 3.63) is 21.6 Å². The summed E-state index contributed by atoms with van der Waals surface area (Å²) < 4.78 is 8.32. The van der Waals surface area contributed by atoms with Gasteiger partial charge in [0, 0.05) is 5.38 Å². The number of amides is 1. The van der Waals surface area contributed by atoms with Crippen LogP contribution in [-0.4, -0.2) is 33.6 Å². The van der Waals surface area contributed by atoms with Crippen LogP contribution < -0.4 is 5.32 Å². The Morgan fingerprint density at radius 3 is 2.95 bits per heavy atom. The molecule has 0 saturated carbocycles. The minimum atomic E-state index is -0.367. The first-order chi connectivity index (χ1) is 9.63. The largest absolute Gasteiger partial charge is 0.469 e. The zero-order chi connectivity index (χ0) is 14.5. The van der Waals surface area contributed by atoms with Gasteiger partial charge in [-0.15, -0.1) is 16.4 Å². The molecule has 20 heavy (non-hydrogen) atoms. The number of aryl methyl sites for hydroxylation is 1. The van der Waals surface area contributed by atoms with Gasteiger partial charge in [0.15, 0.2) is 5.13 Å². The molecule has 0 aliphatic rings. The van der Waals surface area contributed by atoms with Crippen molar-refractivity contribution in [3.8, 4) is 0 Å². The van der Waals surface area contributed by atoms with E-state index in [1.807, 2.05) is 6.92 Å². The maximum absolute atomic E-state index is 12.0. The van der Waals surface area contributed by atoms with Crippen LogP contribution in [0.5, 0.6) is 0 Å². The molecule has 2 aromatic heterocycles. The number of ether oxygens (including phenoxy) is 1. The summed E-state index contributed by atoms with van der Waals surface area (Å²) in [6.45, 7) is 1.91. The van der Waals surface area contributed by atoms with Gasteiger partial charge in [-0.3, -0.25) is 14.9 Å². The zero-order valence-corrected chi connectivity index (χ0v) is 12.5. The van der Waals surface area contributed by atoms with Crippen molar-refractivity contribution in [2.75, 3.05) is 12.4 Å². The van der Waals surface area contributed by atoms with Gasteiger partial charge in [-0.1, -0.05) is 11.4 Å². The summed E-state index contributed by atoms with van der Waals surface area (Å²) in [5, 5.41) is 8.70. The molecule has 0 aliphatic carbocycles. The van der Waals surface area contributed by atoms with E-state index in [0.717, 1.165) is 11.5 Å². The Balaban J connectivity index is 2.03. The average molecular weight is 312 g/mol. The number of rotatable bonds is 5. The Hall–Kier alpha value is -1.87. The van der Waals surface area contributed by atoms with Gasteiger partial charge in [-0.25, -0.2) is 4.98 Å². The number of esters is 1. The first-order valence-corrected chi connectivity index (χ1v) is 7.43. The summed E-state index contributed by atoms with van der Waals surface area (Å²) in [6.07, 6.45) is 0.732. The molecule has 106 valence electrons. The third-order valence-corrected chi connectivity index (χ3v) is 4.00. The highest BCUT2D eigenvalue weighted by atomic mass is 32.1. The molecular formula is C11H12N4O3S2. The lowest BCUT2D eigenvalue weighted by Crippen LogP contribution is -2.12. The van der Waals surface area contributed by atoms with Gasteiger partial charge in [0.25, 0.3) is 5.91 Å². The fraction of sp³-hybridized carbons (Fsp3) is 0.364. The van der Waals surface area contributed by atoms with Gasteiger partial charge in [0.05, 0.1) is 24.9 Å². The molecule has 0 atom stereocenters. The highest BCUT2D eigenvalue weighted by molar-refractivity contribution is 7.14. The molecule has 7 nitrogen and oxygen atoms in total. The van der Waals surface area contributed by atoms with Crippen molar-refractivity contribution < 1.29 is 14.3 Å². The number of hydrogen-bond donors (Lipinski definition) is 1. The van der Waals surface area contributed by atoms with E-state index in [4.69, 9.17) is 0 Å². The summed E-state index contributed by atoms with van der Waals surface area (Å²) >= 11 is 2.31.